The van der Waals surface area contributed by atoms with Crippen LogP contribution in [0.3, 0.4) is 0 Å². The van der Waals surface area contributed by atoms with Crippen LogP contribution in [0.5, 0.6) is 0 Å². The van der Waals surface area contributed by atoms with Gasteiger partial charge in [-0.25, -0.2) is 9.78 Å². The molecule has 0 unspecified atom stereocenters. The molecule has 0 radical (unpaired) electrons. The van der Waals surface area contributed by atoms with Crippen molar-refractivity contribution < 1.29 is 14.7 Å². The number of carboxylic acid groups (broad SMARTS) is 1. The molecule has 3 N–H and O–H groups in total. The second-order valence-corrected chi connectivity index (χ2v) is 8.59. The lowest BCUT2D eigenvalue weighted by Gasteiger charge is -2.16. The first-order chi connectivity index (χ1) is 14.9. The van der Waals surface area contributed by atoms with E-state index in [9.17, 15) is 14.7 Å². The van der Waals surface area contributed by atoms with Crippen LogP contribution in [-0.4, -0.2) is 32.1 Å². The summed E-state index contributed by atoms with van der Waals surface area (Å²) in [6.45, 7) is 5.74. The quantitative estimate of drug-likeness (QED) is 0.485. The van der Waals surface area contributed by atoms with Crippen molar-refractivity contribution in [3.63, 3.8) is 0 Å². The highest BCUT2D eigenvalue weighted by atomic mass is 16.4. The predicted molar refractivity (Wildman–Crippen MR) is 120 cm³/mol. The van der Waals surface area contributed by atoms with E-state index in [0.717, 1.165) is 29.8 Å². The Balaban J connectivity index is 1.55. The van der Waals surface area contributed by atoms with Gasteiger partial charge in [0.1, 0.15) is 11.4 Å². The fourth-order valence-electron chi connectivity index (χ4n) is 3.71. The van der Waals surface area contributed by atoms with Gasteiger partial charge in [-0.15, -0.1) is 0 Å². The highest BCUT2D eigenvalue weighted by Gasteiger charge is 2.51. The molecule has 2 aromatic carbocycles. The van der Waals surface area contributed by atoms with E-state index in [1.165, 1.54) is 0 Å². The number of carbonyl (C=O) groups excluding carboxylic acids is 1. The van der Waals surface area contributed by atoms with E-state index < -0.39 is 11.5 Å². The van der Waals surface area contributed by atoms with E-state index in [1.54, 1.807) is 12.1 Å². The Hall–Kier alpha value is -3.35. The van der Waals surface area contributed by atoms with Crippen molar-refractivity contribution in [3.05, 3.63) is 59.9 Å². The van der Waals surface area contributed by atoms with Crippen LogP contribution in [0.25, 0.3) is 11.0 Å². The molecule has 1 fully saturated rings. The number of aliphatic carboxylic acids is 1. The van der Waals surface area contributed by atoms with Gasteiger partial charge in [0.2, 0.25) is 0 Å². The van der Waals surface area contributed by atoms with E-state index in [2.05, 4.69) is 35.1 Å². The summed E-state index contributed by atoms with van der Waals surface area (Å²) < 4.78 is 2.23. The molecule has 0 spiro atoms. The number of para-hydroxylation sites is 3. The summed E-state index contributed by atoms with van der Waals surface area (Å²) in [5.74, 6) is 0.123. The Kier molecular flexibility index (Phi) is 5.67. The number of benzene rings is 2. The smallest absolute Gasteiger partial charge is 0.329 e. The Morgan fingerprint density at radius 2 is 1.84 bits per heavy atom. The first-order valence-electron chi connectivity index (χ1n) is 10.7. The maximum Gasteiger partial charge on any atom is 0.329 e. The maximum absolute atomic E-state index is 12.8. The molecule has 0 atom stereocenters. The molecule has 0 aliphatic heterocycles. The number of nitrogens with zero attached hydrogens (tertiary/aromatic N) is 2. The standard InChI is InChI=1S/C24H28N4O3/c1-16(2)11-14-28-20-10-6-5-9-19(20)26-21(28)15-25-18-8-4-3-7-17(18)22(29)27-24(12-13-24)23(30)31/h3-10,16,25H,11-15H2,1-2H3,(H,27,29)(H,30,31). The number of aryl methyl sites for hydroxylation is 1. The van der Waals surface area contributed by atoms with Gasteiger partial charge in [0.15, 0.2) is 0 Å². The van der Waals surface area contributed by atoms with Crippen LogP contribution in [0, 0.1) is 5.92 Å². The van der Waals surface area contributed by atoms with Gasteiger partial charge in [0.05, 0.1) is 23.1 Å². The molecule has 0 bridgehead atoms. The zero-order valence-corrected chi connectivity index (χ0v) is 17.9. The first-order valence-corrected chi connectivity index (χ1v) is 10.7. The first kappa shape index (κ1) is 20.9. The lowest BCUT2D eigenvalue weighted by molar-refractivity contribution is -0.140. The highest BCUT2D eigenvalue weighted by Crippen LogP contribution is 2.36. The summed E-state index contributed by atoms with van der Waals surface area (Å²) in [4.78, 5) is 29.0. The van der Waals surface area contributed by atoms with Crippen LogP contribution in [0.4, 0.5) is 5.69 Å². The summed E-state index contributed by atoms with van der Waals surface area (Å²) in [7, 11) is 0. The third-order valence-electron chi connectivity index (χ3n) is 5.78. The van der Waals surface area contributed by atoms with Crippen molar-refractivity contribution in [1.82, 2.24) is 14.9 Å². The molecule has 1 aliphatic carbocycles. The second-order valence-electron chi connectivity index (χ2n) is 8.59. The van der Waals surface area contributed by atoms with E-state index in [-0.39, 0.29) is 5.91 Å². The predicted octanol–water partition coefficient (Wildman–Crippen LogP) is 4.04. The molecule has 31 heavy (non-hydrogen) atoms. The largest absolute Gasteiger partial charge is 0.480 e. The summed E-state index contributed by atoms with van der Waals surface area (Å²) in [5.41, 5.74) is 2.02. The number of hydrogen-bond donors (Lipinski definition) is 3. The number of rotatable bonds is 9. The lowest BCUT2D eigenvalue weighted by atomic mass is 10.1. The van der Waals surface area contributed by atoms with E-state index in [4.69, 9.17) is 4.98 Å². The van der Waals surface area contributed by atoms with Gasteiger partial charge in [-0.2, -0.15) is 0 Å². The van der Waals surface area contributed by atoms with Crippen molar-refractivity contribution in [1.29, 1.82) is 0 Å². The number of imidazole rings is 1. The van der Waals surface area contributed by atoms with Crippen LogP contribution < -0.4 is 10.6 Å². The lowest BCUT2D eigenvalue weighted by Crippen LogP contribution is -2.43. The Bertz CT molecular complexity index is 1110. The molecule has 1 aliphatic rings. The van der Waals surface area contributed by atoms with E-state index in [1.807, 2.05) is 30.3 Å². The summed E-state index contributed by atoms with van der Waals surface area (Å²) in [6, 6.07) is 15.2. The fraction of sp³-hybridized carbons (Fsp3) is 0.375. The van der Waals surface area contributed by atoms with E-state index >= 15 is 0 Å². The molecule has 7 heteroatoms. The van der Waals surface area contributed by atoms with Gasteiger partial charge in [-0.05, 0) is 49.4 Å². The topological polar surface area (TPSA) is 96.2 Å². The number of amides is 1. The SMILES string of the molecule is CC(C)CCn1c(CNc2ccccc2C(=O)NC2(C(=O)O)CC2)nc2ccccc21. The van der Waals surface area contributed by atoms with Gasteiger partial charge in [0.25, 0.3) is 5.91 Å². The zero-order valence-electron chi connectivity index (χ0n) is 17.9. The molecule has 1 heterocycles. The third-order valence-corrected chi connectivity index (χ3v) is 5.78. The molecular formula is C24H28N4O3. The van der Waals surface area contributed by atoms with Crippen LogP contribution in [0.15, 0.2) is 48.5 Å². The van der Waals surface area contributed by atoms with Crippen LogP contribution in [-0.2, 0) is 17.9 Å². The normalized spacial score (nSPS) is 14.5. The molecular weight excluding hydrogens is 392 g/mol. The monoisotopic (exact) mass is 420 g/mol. The summed E-state index contributed by atoms with van der Waals surface area (Å²) in [6.07, 6.45) is 1.97. The van der Waals surface area contributed by atoms with Crippen molar-refractivity contribution in [2.75, 3.05) is 5.32 Å². The Labute approximate surface area is 181 Å². The molecule has 1 amide bonds. The second kappa shape index (κ2) is 8.41. The van der Waals surface area contributed by atoms with Gasteiger partial charge >= 0.3 is 5.97 Å². The molecule has 7 nitrogen and oxygen atoms in total. The van der Waals surface area contributed by atoms with Gasteiger partial charge in [-0.1, -0.05) is 38.1 Å². The van der Waals surface area contributed by atoms with Gasteiger partial charge in [0, 0.05) is 12.2 Å². The van der Waals surface area contributed by atoms with Crippen molar-refractivity contribution >= 4 is 28.6 Å². The Morgan fingerprint density at radius 3 is 2.55 bits per heavy atom. The molecule has 1 saturated carbocycles. The number of carboxylic acids is 1. The van der Waals surface area contributed by atoms with Crippen LogP contribution in [0.1, 0.15) is 49.3 Å². The minimum atomic E-state index is -1.12. The maximum atomic E-state index is 12.8. The number of nitrogens with one attached hydrogen (secondary N) is 2. The van der Waals surface area contributed by atoms with Crippen molar-refractivity contribution in [2.45, 2.75) is 51.7 Å². The molecule has 4 rings (SSSR count). The van der Waals surface area contributed by atoms with Crippen LogP contribution in [0.2, 0.25) is 0 Å². The Morgan fingerprint density at radius 1 is 1.13 bits per heavy atom. The molecule has 162 valence electrons. The number of anilines is 1. The minimum absolute atomic E-state index is 0.378. The summed E-state index contributed by atoms with van der Waals surface area (Å²) >= 11 is 0. The average Bonchev–Trinajstić information content (AvgIpc) is 3.45. The van der Waals surface area contributed by atoms with E-state index in [0.29, 0.717) is 36.6 Å². The fourth-order valence-corrected chi connectivity index (χ4v) is 3.71. The van der Waals surface area contributed by atoms with Crippen molar-refractivity contribution in [3.8, 4) is 0 Å². The summed E-state index contributed by atoms with van der Waals surface area (Å²) in [5, 5.41) is 15.4. The molecule has 3 aromatic rings. The van der Waals surface area contributed by atoms with Crippen molar-refractivity contribution in [2.24, 2.45) is 5.92 Å². The van der Waals surface area contributed by atoms with Gasteiger partial charge in [-0.3, -0.25) is 4.79 Å². The highest BCUT2D eigenvalue weighted by molar-refractivity contribution is 6.02. The third kappa shape index (κ3) is 4.40. The molecule has 0 saturated heterocycles. The number of aromatic nitrogens is 2. The molecule has 1 aromatic heterocycles. The minimum Gasteiger partial charge on any atom is -0.480 e. The van der Waals surface area contributed by atoms with Crippen LogP contribution >= 0.6 is 0 Å². The van der Waals surface area contributed by atoms with Gasteiger partial charge < -0.3 is 20.3 Å². The number of fused-ring (bicyclic) bond motifs is 1. The number of carbonyl (C=O) groups is 2. The average molecular weight is 421 g/mol. The number of hydrogen-bond acceptors (Lipinski definition) is 4. The zero-order chi connectivity index (χ0) is 22.0.